The first-order chi connectivity index (χ1) is 14.0. The Hall–Kier alpha value is -2.15. The van der Waals surface area contributed by atoms with Crippen LogP contribution in [-0.4, -0.2) is 34.8 Å². The van der Waals surface area contributed by atoms with Crippen LogP contribution in [0.5, 0.6) is 0 Å². The zero-order chi connectivity index (χ0) is 20.4. The zero-order valence-corrected chi connectivity index (χ0v) is 18.4. The number of amides is 1. The van der Waals surface area contributed by atoms with E-state index in [4.69, 9.17) is 11.6 Å². The Balaban J connectivity index is 1.83. The van der Waals surface area contributed by atoms with Gasteiger partial charge in [-0.15, -0.1) is 0 Å². The van der Waals surface area contributed by atoms with Gasteiger partial charge in [-0.05, 0) is 58.7 Å². The summed E-state index contributed by atoms with van der Waals surface area (Å²) in [6.07, 6.45) is 2.62. The van der Waals surface area contributed by atoms with Crippen LogP contribution in [0.1, 0.15) is 28.0 Å². The van der Waals surface area contributed by atoms with Crippen molar-refractivity contribution in [1.29, 1.82) is 0 Å². The second kappa shape index (κ2) is 8.30. The molecule has 0 bridgehead atoms. The van der Waals surface area contributed by atoms with E-state index in [9.17, 15) is 4.79 Å². The molecule has 0 saturated carbocycles. The highest BCUT2D eigenvalue weighted by Crippen LogP contribution is 2.43. The molecule has 7 heteroatoms. The Morgan fingerprint density at radius 1 is 1.24 bits per heavy atom. The monoisotopic (exact) mass is 472 g/mol. The van der Waals surface area contributed by atoms with Gasteiger partial charge in [0.25, 0.3) is 5.91 Å². The molecule has 1 amide bonds. The highest BCUT2D eigenvalue weighted by atomic mass is 79.9. The number of benzene rings is 2. The van der Waals surface area contributed by atoms with Crippen LogP contribution < -0.4 is 10.6 Å². The van der Waals surface area contributed by atoms with Gasteiger partial charge < -0.3 is 10.6 Å². The molecule has 1 fully saturated rings. The van der Waals surface area contributed by atoms with Crippen LogP contribution in [-0.2, 0) is 12.5 Å². The molecule has 3 aromatic rings. The molecule has 2 N–H and O–H groups in total. The van der Waals surface area contributed by atoms with E-state index in [2.05, 4.69) is 43.8 Å². The predicted octanol–water partition coefficient (Wildman–Crippen LogP) is 3.91. The molecule has 0 unspecified atom stereocenters. The van der Waals surface area contributed by atoms with E-state index >= 15 is 0 Å². The van der Waals surface area contributed by atoms with E-state index in [1.807, 2.05) is 60.4 Å². The number of carbonyl (C=O) groups excluding carboxylic acids is 1. The molecular weight excluding hydrogens is 452 g/mol. The third kappa shape index (κ3) is 3.72. The molecule has 0 aliphatic carbocycles. The largest absolute Gasteiger partial charge is 0.347 e. The van der Waals surface area contributed by atoms with Gasteiger partial charge in [0.2, 0.25) is 0 Å². The third-order valence-electron chi connectivity index (χ3n) is 5.66. The van der Waals surface area contributed by atoms with Crippen LogP contribution in [0.2, 0.25) is 5.02 Å². The van der Waals surface area contributed by atoms with Crippen molar-refractivity contribution in [3.63, 3.8) is 0 Å². The van der Waals surface area contributed by atoms with Crippen molar-refractivity contribution in [2.45, 2.75) is 17.9 Å². The molecule has 2 atom stereocenters. The fourth-order valence-electron chi connectivity index (χ4n) is 4.31. The van der Waals surface area contributed by atoms with Gasteiger partial charge in [0.15, 0.2) is 0 Å². The number of carbonyl (C=O) groups is 1. The molecule has 1 aliphatic heterocycles. The second-order valence-electron chi connectivity index (χ2n) is 7.29. The summed E-state index contributed by atoms with van der Waals surface area (Å²) in [6, 6.07) is 17.0. The summed E-state index contributed by atoms with van der Waals surface area (Å²) in [5, 5.41) is 11.9. The fraction of sp³-hybridized carbons (Fsp3) is 0.273. The normalized spacial score (nSPS) is 21.7. The number of aromatic nitrogens is 2. The van der Waals surface area contributed by atoms with Crippen molar-refractivity contribution in [2.75, 3.05) is 13.1 Å². The van der Waals surface area contributed by atoms with E-state index < -0.39 is 5.41 Å². The van der Waals surface area contributed by atoms with Crippen molar-refractivity contribution in [3.8, 4) is 0 Å². The van der Waals surface area contributed by atoms with Crippen molar-refractivity contribution in [1.82, 2.24) is 20.4 Å². The highest BCUT2D eigenvalue weighted by Gasteiger charge is 2.47. The lowest BCUT2D eigenvalue weighted by Gasteiger charge is -2.45. The molecule has 2 aromatic carbocycles. The first-order valence-corrected chi connectivity index (χ1v) is 10.7. The maximum atomic E-state index is 13.0. The third-order valence-corrected chi connectivity index (χ3v) is 6.49. The molecule has 1 aliphatic rings. The molecule has 1 aromatic heterocycles. The standard InChI is InChI=1S/C22H22BrClN4O/c1-28-20(18(23)13-26-28)22(16-7-9-17(24)10-8-16)11-12-25-14-19(22)27-21(29)15-5-3-2-4-6-15/h2-10,13,19,25H,11-12,14H2,1H3,(H,27,29)/t19-,22+/m1/s1. The Morgan fingerprint density at radius 2 is 1.97 bits per heavy atom. The van der Waals surface area contributed by atoms with Crippen LogP contribution in [0.3, 0.4) is 0 Å². The van der Waals surface area contributed by atoms with Crippen molar-refractivity contribution in [3.05, 3.63) is 87.1 Å². The maximum Gasteiger partial charge on any atom is 0.251 e. The van der Waals surface area contributed by atoms with Crippen molar-refractivity contribution < 1.29 is 4.79 Å². The van der Waals surface area contributed by atoms with E-state index in [1.54, 1.807) is 0 Å². The van der Waals surface area contributed by atoms with Crippen molar-refractivity contribution in [2.24, 2.45) is 7.05 Å². The second-order valence-corrected chi connectivity index (χ2v) is 8.58. The molecule has 4 rings (SSSR count). The number of hydrogen-bond donors (Lipinski definition) is 2. The molecule has 29 heavy (non-hydrogen) atoms. The summed E-state index contributed by atoms with van der Waals surface area (Å²) in [5.41, 5.74) is 2.34. The van der Waals surface area contributed by atoms with Crippen LogP contribution in [0, 0.1) is 0 Å². The van der Waals surface area contributed by atoms with Crippen molar-refractivity contribution >= 4 is 33.4 Å². The molecule has 1 saturated heterocycles. The van der Waals surface area contributed by atoms with Gasteiger partial charge in [0.05, 0.1) is 27.8 Å². The van der Waals surface area contributed by atoms with E-state index in [0.717, 1.165) is 28.7 Å². The van der Waals surface area contributed by atoms with Gasteiger partial charge >= 0.3 is 0 Å². The SMILES string of the molecule is Cn1ncc(Br)c1[C@]1(c2ccc(Cl)cc2)CCNC[C@H]1NC(=O)c1ccccc1. The lowest BCUT2D eigenvalue weighted by Crippen LogP contribution is -2.60. The fourth-order valence-corrected chi connectivity index (χ4v) is 5.14. The number of nitrogens with zero attached hydrogens (tertiary/aromatic N) is 2. The summed E-state index contributed by atoms with van der Waals surface area (Å²) in [5.74, 6) is -0.0871. The Morgan fingerprint density at radius 3 is 2.62 bits per heavy atom. The van der Waals surface area contributed by atoms with Crippen LogP contribution in [0.4, 0.5) is 0 Å². The smallest absolute Gasteiger partial charge is 0.251 e. The molecule has 0 radical (unpaired) electrons. The minimum absolute atomic E-state index is 0.0871. The molecule has 2 heterocycles. The number of aryl methyl sites for hydroxylation is 1. The average molecular weight is 474 g/mol. The highest BCUT2D eigenvalue weighted by molar-refractivity contribution is 9.10. The quantitative estimate of drug-likeness (QED) is 0.604. The Labute approximate surface area is 183 Å². The molecule has 150 valence electrons. The van der Waals surface area contributed by atoms with E-state index in [1.165, 1.54) is 0 Å². The summed E-state index contributed by atoms with van der Waals surface area (Å²) in [7, 11) is 1.94. The topological polar surface area (TPSA) is 59.0 Å². The van der Waals surface area contributed by atoms with E-state index in [0.29, 0.717) is 17.1 Å². The minimum atomic E-state index is -0.454. The molecular formula is C22H22BrClN4O. The average Bonchev–Trinajstić information content (AvgIpc) is 3.08. The lowest BCUT2D eigenvalue weighted by atomic mass is 9.67. The summed E-state index contributed by atoms with van der Waals surface area (Å²) in [4.78, 5) is 13.0. The number of piperidine rings is 1. The number of halogens is 2. The van der Waals surface area contributed by atoms with Crippen LogP contribution in [0.15, 0.2) is 65.3 Å². The Kier molecular flexibility index (Phi) is 5.76. The summed E-state index contributed by atoms with van der Waals surface area (Å²) >= 11 is 9.87. The number of hydrogen-bond acceptors (Lipinski definition) is 3. The minimum Gasteiger partial charge on any atom is -0.347 e. The number of nitrogens with one attached hydrogen (secondary N) is 2. The van der Waals surface area contributed by atoms with E-state index in [-0.39, 0.29) is 11.9 Å². The van der Waals surface area contributed by atoms with Gasteiger partial charge in [-0.25, -0.2) is 0 Å². The van der Waals surface area contributed by atoms with Gasteiger partial charge in [-0.1, -0.05) is 41.9 Å². The van der Waals surface area contributed by atoms with Gasteiger partial charge in [0.1, 0.15) is 0 Å². The maximum absolute atomic E-state index is 13.0. The first kappa shape index (κ1) is 20.1. The number of rotatable bonds is 4. The van der Waals surface area contributed by atoms with Crippen LogP contribution >= 0.6 is 27.5 Å². The lowest BCUT2D eigenvalue weighted by molar-refractivity contribution is 0.0906. The Bertz CT molecular complexity index is 986. The van der Waals surface area contributed by atoms with Gasteiger partial charge in [0, 0.05) is 24.2 Å². The summed E-state index contributed by atoms with van der Waals surface area (Å²) < 4.78 is 2.82. The first-order valence-electron chi connectivity index (χ1n) is 9.53. The van der Waals surface area contributed by atoms with Gasteiger partial charge in [-0.3, -0.25) is 9.48 Å². The van der Waals surface area contributed by atoms with Gasteiger partial charge in [-0.2, -0.15) is 5.10 Å². The summed E-state index contributed by atoms with van der Waals surface area (Å²) in [6.45, 7) is 1.48. The predicted molar refractivity (Wildman–Crippen MR) is 118 cm³/mol. The molecule has 5 nitrogen and oxygen atoms in total. The zero-order valence-electron chi connectivity index (χ0n) is 16.0. The van der Waals surface area contributed by atoms with Crippen LogP contribution in [0.25, 0.3) is 0 Å². The molecule has 0 spiro atoms.